The number of hydrogen-bond donors (Lipinski definition) is 2. The minimum Gasteiger partial charge on any atom is -0.310 e. The Bertz CT molecular complexity index is 919. The van der Waals surface area contributed by atoms with Gasteiger partial charge in [0.2, 0.25) is 11.9 Å². The summed E-state index contributed by atoms with van der Waals surface area (Å²) in [6.07, 6.45) is 10.1. The minimum atomic E-state index is -0.180. The molecule has 0 radical (unpaired) electrons. The summed E-state index contributed by atoms with van der Waals surface area (Å²) >= 11 is 0. The molecule has 2 aromatic heterocycles. The molecule has 0 saturated heterocycles. The van der Waals surface area contributed by atoms with Gasteiger partial charge in [-0.15, -0.1) is 0 Å². The molecule has 0 aliphatic heterocycles. The van der Waals surface area contributed by atoms with E-state index < -0.39 is 0 Å². The lowest BCUT2D eigenvalue weighted by Crippen LogP contribution is -2.21. The third kappa shape index (κ3) is 4.18. The first-order chi connectivity index (χ1) is 13.5. The zero-order valence-corrected chi connectivity index (χ0v) is 16.8. The molecular formula is C21H29N5O2. The summed E-state index contributed by atoms with van der Waals surface area (Å²) in [5.41, 5.74) is 2.03. The van der Waals surface area contributed by atoms with Crippen molar-refractivity contribution in [3.8, 4) is 5.95 Å². The van der Waals surface area contributed by atoms with Crippen LogP contribution in [0.5, 0.6) is 0 Å². The molecule has 2 heterocycles. The van der Waals surface area contributed by atoms with Crippen LogP contribution in [0.4, 0.5) is 5.82 Å². The van der Waals surface area contributed by atoms with Gasteiger partial charge in [0.15, 0.2) is 0 Å². The van der Waals surface area contributed by atoms with E-state index in [9.17, 15) is 9.59 Å². The van der Waals surface area contributed by atoms with E-state index in [1.54, 1.807) is 11.6 Å². The number of nitrogens with one attached hydrogen (secondary N) is 2. The van der Waals surface area contributed by atoms with Crippen molar-refractivity contribution < 1.29 is 4.79 Å². The summed E-state index contributed by atoms with van der Waals surface area (Å²) in [6, 6.07) is 1.92. The predicted molar refractivity (Wildman–Crippen MR) is 108 cm³/mol. The van der Waals surface area contributed by atoms with E-state index in [2.05, 4.69) is 20.4 Å². The van der Waals surface area contributed by atoms with Gasteiger partial charge in [-0.05, 0) is 39.0 Å². The third-order valence-corrected chi connectivity index (χ3v) is 6.08. The van der Waals surface area contributed by atoms with Crippen LogP contribution in [0, 0.1) is 19.8 Å². The van der Waals surface area contributed by atoms with Crippen LogP contribution >= 0.6 is 0 Å². The van der Waals surface area contributed by atoms with Gasteiger partial charge in [0.25, 0.3) is 5.56 Å². The van der Waals surface area contributed by atoms with Crippen molar-refractivity contribution in [1.82, 2.24) is 19.7 Å². The Morgan fingerprint density at radius 2 is 1.96 bits per heavy atom. The molecule has 0 aromatic carbocycles. The SMILES string of the molecule is Cc1nc(-n2nc(C3CC3)cc2NC(=O)CCC2CCCCC2)[nH]c(=O)c1C. The summed E-state index contributed by atoms with van der Waals surface area (Å²) in [5.74, 6) is 2.05. The number of rotatable bonds is 6. The third-order valence-electron chi connectivity index (χ3n) is 6.08. The average Bonchev–Trinajstić information content (AvgIpc) is 3.46. The van der Waals surface area contributed by atoms with Crippen molar-refractivity contribution in [2.75, 3.05) is 5.32 Å². The fourth-order valence-electron chi connectivity index (χ4n) is 3.98. The second-order valence-electron chi connectivity index (χ2n) is 8.33. The smallest absolute Gasteiger partial charge is 0.255 e. The number of H-pyrrole nitrogens is 1. The summed E-state index contributed by atoms with van der Waals surface area (Å²) in [7, 11) is 0. The van der Waals surface area contributed by atoms with Crippen LogP contribution in [0.3, 0.4) is 0 Å². The Morgan fingerprint density at radius 3 is 2.64 bits per heavy atom. The van der Waals surface area contributed by atoms with Gasteiger partial charge in [-0.1, -0.05) is 32.1 Å². The summed E-state index contributed by atoms with van der Waals surface area (Å²) in [5, 5.41) is 7.63. The highest BCUT2D eigenvalue weighted by Crippen LogP contribution is 2.40. The van der Waals surface area contributed by atoms with E-state index in [1.807, 2.05) is 13.0 Å². The minimum absolute atomic E-state index is 0.000232. The van der Waals surface area contributed by atoms with Crippen LogP contribution in [-0.4, -0.2) is 25.7 Å². The molecule has 2 fully saturated rings. The van der Waals surface area contributed by atoms with Crippen LogP contribution < -0.4 is 10.9 Å². The fourth-order valence-corrected chi connectivity index (χ4v) is 3.98. The van der Waals surface area contributed by atoms with Gasteiger partial charge in [-0.2, -0.15) is 9.78 Å². The number of anilines is 1. The van der Waals surface area contributed by atoms with Crippen molar-refractivity contribution in [3.05, 3.63) is 33.4 Å². The largest absolute Gasteiger partial charge is 0.310 e. The van der Waals surface area contributed by atoms with Crippen LogP contribution in [0.25, 0.3) is 5.95 Å². The van der Waals surface area contributed by atoms with Crippen LogP contribution in [0.2, 0.25) is 0 Å². The maximum Gasteiger partial charge on any atom is 0.255 e. The average molecular weight is 383 g/mol. The molecule has 7 nitrogen and oxygen atoms in total. The predicted octanol–water partition coefficient (Wildman–Crippen LogP) is 3.75. The van der Waals surface area contributed by atoms with Gasteiger partial charge in [0.05, 0.1) is 5.69 Å². The second kappa shape index (κ2) is 7.89. The first-order valence-electron chi connectivity index (χ1n) is 10.5. The van der Waals surface area contributed by atoms with Crippen molar-refractivity contribution >= 4 is 11.7 Å². The zero-order valence-electron chi connectivity index (χ0n) is 16.8. The van der Waals surface area contributed by atoms with Gasteiger partial charge < -0.3 is 5.32 Å². The Balaban J connectivity index is 1.53. The summed E-state index contributed by atoms with van der Waals surface area (Å²) < 4.78 is 1.57. The highest BCUT2D eigenvalue weighted by molar-refractivity contribution is 5.90. The summed E-state index contributed by atoms with van der Waals surface area (Å²) in [6.45, 7) is 3.55. The summed E-state index contributed by atoms with van der Waals surface area (Å²) in [4.78, 5) is 32.0. The molecule has 1 amide bonds. The van der Waals surface area contributed by atoms with Gasteiger partial charge in [0.1, 0.15) is 5.82 Å². The molecule has 4 rings (SSSR count). The first-order valence-corrected chi connectivity index (χ1v) is 10.5. The lowest BCUT2D eigenvalue weighted by atomic mass is 9.86. The van der Waals surface area contributed by atoms with E-state index in [0.717, 1.165) is 25.0 Å². The normalized spacial score (nSPS) is 17.6. The second-order valence-corrected chi connectivity index (χ2v) is 8.33. The highest BCUT2D eigenvalue weighted by atomic mass is 16.1. The fraction of sp³-hybridized carbons (Fsp3) is 0.619. The molecule has 2 aromatic rings. The Hall–Kier alpha value is -2.44. The standard InChI is InChI=1S/C21H29N5O2/c1-13-14(2)22-21(24-20(13)28)26-18(12-17(25-26)16-9-10-16)23-19(27)11-8-15-6-4-3-5-7-15/h12,15-16H,3-11H2,1-2H3,(H,23,27)(H,22,24,28). The zero-order chi connectivity index (χ0) is 19.7. The van der Waals surface area contributed by atoms with E-state index in [0.29, 0.717) is 41.3 Å². The lowest BCUT2D eigenvalue weighted by Gasteiger charge is -2.21. The van der Waals surface area contributed by atoms with Gasteiger partial charge in [-0.25, -0.2) is 4.98 Å². The molecule has 7 heteroatoms. The van der Waals surface area contributed by atoms with E-state index in [1.165, 1.54) is 32.1 Å². The Morgan fingerprint density at radius 1 is 1.21 bits per heavy atom. The molecule has 0 bridgehead atoms. The molecule has 0 spiro atoms. The molecule has 2 aliphatic carbocycles. The van der Waals surface area contributed by atoms with E-state index >= 15 is 0 Å². The number of carbonyl (C=O) groups excluding carboxylic acids is 1. The van der Waals surface area contributed by atoms with Crippen molar-refractivity contribution in [1.29, 1.82) is 0 Å². The molecule has 0 unspecified atom stereocenters. The molecule has 150 valence electrons. The quantitative estimate of drug-likeness (QED) is 0.794. The van der Waals surface area contributed by atoms with Crippen LogP contribution in [0.15, 0.2) is 10.9 Å². The molecule has 28 heavy (non-hydrogen) atoms. The molecule has 0 atom stereocenters. The number of aromatic nitrogens is 4. The van der Waals surface area contributed by atoms with Crippen molar-refractivity contribution in [2.45, 2.75) is 77.6 Å². The van der Waals surface area contributed by atoms with Gasteiger partial charge >= 0.3 is 0 Å². The molecule has 2 saturated carbocycles. The Labute approximate surface area is 165 Å². The highest BCUT2D eigenvalue weighted by Gasteiger charge is 2.28. The first kappa shape index (κ1) is 18.9. The topological polar surface area (TPSA) is 92.7 Å². The Kier molecular flexibility index (Phi) is 5.33. The molecule has 2 N–H and O–H groups in total. The van der Waals surface area contributed by atoms with Gasteiger partial charge in [-0.3, -0.25) is 14.6 Å². The van der Waals surface area contributed by atoms with Crippen LogP contribution in [-0.2, 0) is 4.79 Å². The molecular weight excluding hydrogens is 354 g/mol. The van der Waals surface area contributed by atoms with E-state index in [-0.39, 0.29) is 11.5 Å². The van der Waals surface area contributed by atoms with Crippen molar-refractivity contribution in [2.24, 2.45) is 5.92 Å². The number of amides is 1. The van der Waals surface area contributed by atoms with E-state index in [4.69, 9.17) is 0 Å². The number of aromatic amines is 1. The number of hydrogen-bond acceptors (Lipinski definition) is 4. The number of nitrogens with zero attached hydrogens (tertiary/aromatic N) is 3. The number of aryl methyl sites for hydroxylation is 1. The van der Waals surface area contributed by atoms with Crippen LogP contribution in [0.1, 0.15) is 80.7 Å². The maximum absolute atomic E-state index is 12.6. The van der Waals surface area contributed by atoms with Gasteiger partial charge in [0, 0.05) is 29.7 Å². The monoisotopic (exact) mass is 383 g/mol. The molecule has 2 aliphatic rings. The van der Waals surface area contributed by atoms with Crippen molar-refractivity contribution in [3.63, 3.8) is 0 Å². The number of carbonyl (C=O) groups is 1. The lowest BCUT2D eigenvalue weighted by molar-refractivity contribution is -0.116. The maximum atomic E-state index is 12.6.